The van der Waals surface area contributed by atoms with Crippen LogP contribution in [0, 0.1) is 5.92 Å². The van der Waals surface area contributed by atoms with E-state index in [2.05, 4.69) is 19.2 Å². The standard InChI is InChI=1S/C14H27NO/c1-3-4-9-14(16)10-11(2)15-13-8-6-5-7-12(13)14/h11-13,15-16H,3-10H2,1-2H3/t11-,12+,13+,14-/m0/s1. The molecule has 0 spiro atoms. The van der Waals surface area contributed by atoms with Gasteiger partial charge < -0.3 is 10.4 Å². The summed E-state index contributed by atoms with van der Waals surface area (Å²) in [6.45, 7) is 4.44. The number of rotatable bonds is 3. The van der Waals surface area contributed by atoms with E-state index < -0.39 is 0 Å². The highest BCUT2D eigenvalue weighted by atomic mass is 16.3. The number of hydrogen-bond donors (Lipinski definition) is 2. The lowest BCUT2D eigenvalue weighted by Gasteiger charge is -2.50. The minimum absolute atomic E-state index is 0.369. The largest absolute Gasteiger partial charge is 0.389 e. The molecule has 2 aliphatic rings. The summed E-state index contributed by atoms with van der Waals surface area (Å²) in [7, 11) is 0. The zero-order valence-electron chi connectivity index (χ0n) is 10.8. The van der Waals surface area contributed by atoms with Crippen LogP contribution in [-0.4, -0.2) is 22.8 Å². The molecule has 0 aromatic rings. The second-order valence-corrected chi connectivity index (χ2v) is 5.98. The van der Waals surface area contributed by atoms with Gasteiger partial charge in [0.05, 0.1) is 5.60 Å². The first-order chi connectivity index (χ1) is 7.65. The molecule has 16 heavy (non-hydrogen) atoms. The van der Waals surface area contributed by atoms with Crippen LogP contribution in [0.1, 0.15) is 65.2 Å². The van der Waals surface area contributed by atoms with Crippen LogP contribution in [0.3, 0.4) is 0 Å². The minimum Gasteiger partial charge on any atom is -0.389 e. The summed E-state index contributed by atoms with van der Waals surface area (Å²) in [5, 5.41) is 14.6. The van der Waals surface area contributed by atoms with Crippen LogP contribution in [0.2, 0.25) is 0 Å². The van der Waals surface area contributed by atoms with Gasteiger partial charge in [-0.25, -0.2) is 0 Å². The molecule has 2 N–H and O–H groups in total. The Morgan fingerprint density at radius 2 is 2.06 bits per heavy atom. The molecule has 0 unspecified atom stereocenters. The zero-order chi connectivity index (χ0) is 11.6. The second-order valence-electron chi connectivity index (χ2n) is 5.98. The number of aliphatic hydroxyl groups is 1. The quantitative estimate of drug-likeness (QED) is 0.774. The van der Waals surface area contributed by atoms with Crippen molar-refractivity contribution in [1.29, 1.82) is 0 Å². The van der Waals surface area contributed by atoms with Gasteiger partial charge >= 0.3 is 0 Å². The molecule has 0 aromatic heterocycles. The van der Waals surface area contributed by atoms with E-state index in [-0.39, 0.29) is 5.60 Å². The summed E-state index contributed by atoms with van der Waals surface area (Å²) in [5.74, 6) is 0.518. The Morgan fingerprint density at radius 1 is 1.31 bits per heavy atom. The monoisotopic (exact) mass is 225 g/mol. The average molecular weight is 225 g/mol. The van der Waals surface area contributed by atoms with Gasteiger partial charge in [0.25, 0.3) is 0 Å². The van der Waals surface area contributed by atoms with Gasteiger partial charge in [0.1, 0.15) is 0 Å². The molecule has 1 aliphatic carbocycles. The first-order valence-corrected chi connectivity index (χ1v) is 7.14. The van der Waals surface area contributed by atoms with Crippen molar-refractivity contribution in [3.05, 3.63) is 0 Å². The fourth-order valence-corrected chi connectivity index (χ4v) is 3.85. The molecule has 1 saturated carbocycles. The summed E-state index contributed by atoms with van der Waals surface area (Å²) < 4.78 is 0. The first kappa shape index (κ1) is 12.4. The van der Waals surface area contributed by atoms with Crippen molar-refractivity contribution < 1.29 is 5.11 Å². The van der Waals surface area contributed by atoms with Gasteiger partial charge in [-0.3, -0.25) is 0 Å². The molecular formula is C14H27NO. The Balaban J connectivity index is 2.07. The van der Waals surface area contributed by atoms with Crippen molar-refractivity contribution in [3.8, 4) is 0 Å². The molecule has 0 radical (unpaired) electrons. The number of nitrogens with one attached hydrogen (secondary N) is 1. The van der Waals surface area contributed by atoms with Gasteiger partial charge in [-0.1, -0.05) is 32.6 Å². The fraction of sp³-hybridized carbons (Fsp3) is 1.00. The molecule has 2 heteroatoms. The summed E-state index contributed by atoms with van der Waals surface area (Å²) in [4.78, 5) is 0. The molecule has 2 fully saturated rings. The van der Waals surface area contributed by atoms with Crippen LogP contribution in [0.15, 0.2) is 0 Å². The predicted molar refractivity (Wildman–Crippen MR) is 67.4 cm³/mol. The first-order valence-electron chi connectivity index (χ1n) is 7.14. The number of unbranched alkanes of at least 4 members (excludes halogenated alkanes) is 1. The average Bonchev–Trinajstić information content (AvgIpc) is 2.26. The Labute approximate surface area is 99.8 Å². The lowest BCUT2D eigenvalue weighted by atomic mass is 9.66. The highest BCUT2D eigenvalue weighted by molar-refractivity contribution is 5.01. The normalized spacial score (nSPS) is 44.1. The minimum atomic E-state index is -0.369. The third-order valence-electron chi connectivity index (χ3n) is 4.58. The Bertz CT molecular complexity index is 231. The maximum atomic E-state index is 10.9. The zero-order valence-corrected chi connectivity index (χ0v) is 10.8. The van der Waals surface area contributed by atoms with Crippen molar-refractivity contribution in [2.75, 3.05) is 0 Å². The molecule has 4 atom stereocenters. The molecule has 0 bridgehead atoms. The summed E-state index contributed by atoms with van der Waals surface area (Å²) in [6, 6.07) is 1.07. The van der Waals surface area contributed by atoms with Crippen molar-refractivity contribution in [2.24, 2.45) is 5.92 Å². The van der Waals surface area contributed by atoms with Crippen molar-refractivity contribution in [3.63, 3.8) is 0 Å². The van der Waals surface area contributed by atoms with Gasteiger partial charge in [0, 0.05) is 18.0 Å². The maximum absolute atomic E-state index is 10.9. The van der Waals surface area contributed by atoms with E-state index in [1.165, 1.54) is 38.5 Å². The number of fused-ring (bicyclic) bond motifs is 1. The molecule has 2 rings (SSSR count). The summed E-state index contributed by atoms with van der Waals surface area (Å²) in [5.41, 5.74) is -0.369. The van der Waals surface area contributed by atoms with Crippen LogP contribution >= 0.6 is 0 Å². The van der Waals surface area contributed by atoms with Gasteiger partial charge in [-0.2, -0.15) is 0 Å². The predicted octanol–water partition coefficient (Wildman–Crippen LogP) is 2.85. The van der Waals surface area contributed by atoms with E-state index in [1.54, 1.807) is 0 Å². The third-order valence-corrected chi connectivity index (χ3v) is 4.58. The second kappa shape index (κ2) is 5.05. The van der Waals surface area contributed by atoms with E-state index >= 15 is 0 Å². The van der Waals surface area contributed by atoms with E-state index in [0.29, 0.717) is 18.0 Å². The van der Waals surface area contributed by atoms with Gasteiger partial charge in [-0.05, 0) is 32.6 Å². The fourth-order valence-electron chi connectivity index (χ4n) is 3.85. The van der Waals surface area contributed by atoms with Gasteiger partial charge in [0.2, 0.25) is 0 Å². The van der Waals surface area contributed by atoms with Crippen LogP contribution < -0.4 is 5.32 Å². The molecule has 94 valence electrons. The van der Waals surface area contributed by atoms with Gasteiger partial charge in [-0.15, -0.1) is 0 Å². The Kier molecular flexibility index (Phi) is 3.91. The third kappa shape index (κ3) is 2.43. The van der Waals surface area contributed by atoms with E-state index in [9.17, 15) is 5.11 Å². The van der Waals surface area contributed by atoms with E-state index in [4.69, 9.17) is 0 Å². The lowest BCUT2D eigenvalue weighted by Crippen LogP contribution is -2.60. The molecule has 0 aromatic carbocycles. The highest BCUT2D eigenvalue weighted by Crippen LogP contribution is 2.41. The lowest BCUT2D eigenvalue weighted by molar-refractivity contribution is -0.0899. The van der Waals surface area contributed by atoms with Crippen molar-refractivity contribution in [1.82, 2.24) is 5.32 Å². The Morgan fingerprint density at radius 3 is 2.81 bits per heavy atom. The van der Waals surface area contributed by atoms with E-state index in [1.807, 2.05) is 0 Å². The van der Waals surface area contributed by atoms with Crippen LogP contribution in [0.4, 0.5) is 0 Å². The van der Waals surface area contributed by atoms with E-state index in [0.717, 1.165) is 12.8 Å². The van der Waals surface area contributed by atoms with Crippen molar-refractivity contribution >= 4 is 0 Å². The maximum Gasteiger partial charge on any atom is 0.0705 e. The summed E-state index contributed by atoms with van der Waals surface area (Å²) in [6.07, 6.45) is 9.48. The topological polar surface area (TPSA) is 32.3 Å². The SMILES string of the molecule is CCCC[C@]1(O)C[C@H](C)N[C@@H]2CCCC[C@H]21. The molecule has 1 aliphatic heterocycles. The summed E-state index contributed by atoms with van der Waals surface area (Å²) >= 11 is 0. The molecule has 1 heterocycles. The van der Waals surface area contributed by atoms with Crippen LogP contribution in [0.25, 0.3) is 0 Å². The number of hydrogen-bond acceptors (Lipinski definition) is 2. The highest BCUT2D eigenvalue weighted by Gasteiger charge is 2.46. The smallest absolute Gasteiger partial charge is 0.0705 e. The molecule has 0 amide bonds. The molecule has 2 nitrogen and oxygen atoms in total. The molecular weight excluding hydrogens is 198 g/mol. The molecule has 1 saturated heterocycles. The van der Waals surface area contributed by atoms with Crippen LogP contribution in [0.5, 0.6) is 0 Å². The van der Waals surface area contributed by atoms with Crippen LogP contribution in [-0.2, 0) is 0 Å². The number of piperidine rings is 1. The Hall–Kier alpha value is -0.0800. The van der Waals surface area contributed by atoms with Gasteiger partial charge in [0.15, 0.2) is 0 Å². The van der Waals surface area contributed by atoms with Crippen molar-refractivity contribution in [2.45, 2.75) is 82.9 Å².